The Kier molecular flexibility index (Phi) is 4.36. The maximum atomic E-state index is 4.45. The molecule has 3 rings (SSSR count). The molecule has 20 heavy (non-hydrogen) atoms. The minimum atomic E-state index is 0.812. The normalized spacial score (nSPS) is 19.2. The summed E-state index contributed by atoms with van der Waals surface area (Å²) in [5.74, 6) is 0.812. The van der Waals surface area contributed by atoms with Gasteiger partial charge in [0.2, 0.25) is 0 Å². The standard InChI is InChI=1S/C17H22N2S/c1-14-5-2-3-7-16(14)9-8-15-6-4-11-19(13-15)17-18-10-12-20-17/h2-3,5,7,10,12,15H,4,6,8-9,11,13H2,1H3/t15-/m0/s1. The Morgan fingerprint density at radius 3 is 3.05 bits per heavy atom. The molecule has 1 aliphatic heterocycles. The molecule has 3 heteroatoms. The van der Waals surface area contributed by atoms with Crippen molar-refractivity contribution in [3.8, 4) is 0 Å². The van der Waals surface area contributed by atoms with Crippen LogP contribution in [0.25, 0.3) is 0 Å². The molecule has 2 heterocycles. The topological polar surface area (TPSA) is 16.1 Å². The van der Waals surface area contributed by atoms with E-state index in [9.17, 15) is 0 Å². The van der Waals surface area contributed by atoms with E-state index in [4.69, 9.17) is 0 Å². The van der Waals surface area contributed by atoms with E-state index in [1.54, 1.807) is 11.3 Å². The predicted octanol–water partition coefficient (Wildman–Crippen LogP) is 4.30. The number of aryl methyl sites for hydroxylation is 2. The lowest BCUT2D eigenvalue weighted by atomic mass is 9.91. The van der Waals surface area contributed by atoms with Crippen LogP contribution in [-0.4, -0.2) is 18.1 Å². The summed E-state index contributed by atoms with van der Waals surface area (Å²) in [5, 5.41) is 3.28. The van der Waals surface area contributed by atoms with Gasteiger partial charge in [0.15, 0.2) is 5.13 Å². The quantitative estimate of drug-likeness (QED) is 0.833. The molecule has 1 fully saturated rings. The Balaban J connectivity index is 1.57. The van der Waals surface area contributed by atoms with E-state index in [0.29, 0.717) is 0 Å². The van der Waals surface area contributed by atoms with E-state index >= 15 is 0 Å². The molecule has 1 saturated heterocycles. The second kappa shape index (κ2) is 6.40. The van der Waals surface area contributed by atoms with Gasteiger partial charge in [0.05, 0.1) is 0 Å². The fourth-order valence-corrected chi connectivity index (χ4v) is 3.78. The fraction of sp³-hybridized carbons (Fsp3) is 0.471. The molecule has 106 valence electrons. The van der Waals surface area contributed by atoms with Crippen LogP contribution in [-0.2, 0) is 6.42 Å². The Hall–Kier alpha value is -1.35. The van der Waals surface area contributed by atoms with Crippen molar-refractivity contribution in [2.24, 2.45) is 5.92 Å². The van der Waals surface area contributed by atoms with Crippen LogP contribution in [0, 0.1) is 12.8 Å². The molecule has 0 radical (unpaired) electrons. The van der Waals surface area contributed by atoms with Crippen LogP contribution in [0.3, 0.4) is 0 Å². The third-order valence-corrected chi connectivity index (χ3v) is 5.12. The van der Waals surface area contributed by atoms with Crippen molar-refractivity contribution in [2.75, 3.05) is 18.0 Å². The molecule has 1 aromatic carbocycles. The van der Waals surface area contributed by atoms with Gasteiger partial charge in [-0.25, -0.2) is 4.98 Å². The van der Waals surface area contributed by atoms with Gasteiger partial charge in [-0.1, -0.05) is 24.3 Å². The number of thiazole rings is 1. The van der Waals surface area contributed by atoms with Crippen LogP contribution in [0.2, 0.25) is 0 Å². The highest BCUT2D eigenvalue weighted by Crippen LogP contribution is 2.27. The SMILES string of the molecule is Cc1ccccc1CC[C@@H]1CCCN(c2nccs2)C1. The van der Waals surface area contributed by atoms with E-state index in [1.165, 1.54) is 55.0 Å². The summed E-state index contributed by atoms with van der Waals surface area (Å²) in [7, 11) is 0. The van der Waals surface area contributed by atoms with Gasteiger partial charge >= 0.3 is 0 Å². The van der Waals surface area contributed by atoms with Crippen molar-refractivity contribution in [3.63, 3.8) is 0 Å². The third-order valence-electron chi connectivity index (χ3n) is 4.29. The lowest BCUT2D eigenvalue weighted by Gasteiger charge is -2.32. The molecular weight excluding hydrogens is 264 g/mol. The Labute approximate surface area is 125 Å². The van der Waals surface area contributed by atoms with E-state index in [0.717, 1.165) is 5.92 Å². The lowest BCUT2D eigenvalue weighted by molar-refractivity contribution is 0.391. The summed E-state index contributed by atoms with van der Waals surface area (Å²) in [5.41, 5.74) is 2.94. The summed E-state index contributed by atoms with van der Waals surface area (Å²) in [6.07, 6.45) is 7.10. The highest BCUT2D eigenvalue weighted by molar-refractivity contribution is 7.13. The highest BCUT2D eigenvalue weighted by atomic mass is 32.1. The molecule has 1 aromatic heterocycles. The van der Waals surface area contributed by atoms with Crippen LogP contribution in [0.5, 0.6) is 0 Å². The minimum Gasteiger partial charge on any atom is -0.348 e. The first kappa shape index (κ1) is 13.6. The molecule has 0 N–H and O–H groups in total. The van der Waals surface area contributed by atoms with Gasteiger partial charge in [-0.3, -0.25) is 0 Å². The minimum absolute atomic E-state index is 0.812. The van der Waals surface area contributed by atoms with Crippen LogP contribution in [0.15, 0.2) is 35.8 Å². The molecule has 0 saturated carbocycles. The van der Waals surface area contributed by atoms with E-state index in [-0.39, 0.29) is 0 Å². The molecular formula is C17H22N2S. The van der Waals surface area contributed by atoms with Crippen LogP contribution in [0.4, 0.5) is 5.13 Å². The van der Waals surface area contributed by atoms with E-state index in [1.807, 2.05) is 6.20 Å². The summed E-state index contributed by atoms with van der Waals surface area (Å²) in [6, 6.07) is 8.78. The fourth-order valence-electron chi connectivity index (χ4n) is 3.10. The zero-order chi connectivity index (χ0) is 13.8. The van der Waals surface area contributed by atoms with Crippen molar-refractivity contribution in [3.05, 3.63) is 47.0 Å². The summed E-state index contributed by atoms with van der Waals surface area (Å²) < 4.78 is 0. The number of piperidine rings is 1. The van der Waals surface area contributed by atoms with Gasteiger partial charge in [0, 0.05) is 24.7 Å². The number of rotatable bonds is 4. The number of hydrogen-bond acceptors (Lipinski definition) is 3. The molecule has 0 aliphatic carbocycles. The summed E-state index contributed by atoms with van der Waals surface area (Å²) in [6.45, 7) is 4.58. The number of aromatic nitrogens is 1. The zero-order valence-corrected chi connectivity index (χ0v) is 12.9. The van der Waals surface area contributed by atoms with Crippen LogP contribution >= 0.6 is 11.3 Å². The van der Waals surface area contributed by atoms with E-state index < -0.39 is 0 Å². The van der Waals surface area contributed by atoms with Crippen molar-refractivity contribution >= 4 is 16.5 Å². The van der Waals surface area contributed by atoms with Gasteiger partial charge in [-0.15, -0.1) is 11.3 Å². The van der Waals surface area contributed by atoms with Crippen molar-refractivity contribution < 1.29 is 0 Å². The molecule has 2 nitrogen and oxygen atoms in total. The number of anilines is 1. The average Bonchev–Trinajstić information content (AvgIpc) is 3.01. The first-order chi connectivity index (χ1) is 9.83. The van der Waals surface area contributed by atoms with E-state index in [2.05, 4.69) is 46.5 Å². The van der Waals surface area contributed by atoms with Gasteiger partial charge in [-0.05, 0) is 49.7 Å². The van der Waals surface area contributed by atoms with Crippen molar-refractivity contribution in [2.45, 2.75) is 32.6 Å². The predicted molar refractivity (Wildman–Crippen MR) is 86.6 cm³/mol. The van der Waals surface area contributed by atoms with Crippen molar-refractivity contribution in [1.82, 2.24) is 4.98 Å². The molecule has 0 amide bonds. The molecule has 0 unspecified atom stereocenters. The number of nitrogens with zero attached hydrogens (tertiary/aromatic N) is 2. The maximum Gasteiger partial charge on any atom is 0.185 e. The smallest absolute Gasteiger partial charge is 0.185 e. The van der Waals surface area contributed by atoms with Gasteiger partial charge in [0.25, 0.3) is 0 Å². The largest absolute Gasteiger partial charge is 0.348 e. The lowest BCUT2D eigenvalue weighted by Crippen LogP contribution is -2.35. The van der Waals surface area contributed by atoms with Crippen LogP contribution in [0.1, 0.15) is 30.4 Å². The first-order valence-electron chi connectivity index (χ1n) is 7.52. The van der Waals surface area contributed by atoms with Crippen molar-refractivity contribution in [1.29, 1.82) is 0 Å². The van der Waals surface area contributed by atoms with Gasteiger partial charge < -0.3 is 4.90 Å². The second-order valence-corrected chi connectivity index (χ2v) is 6.61. The Morgan fingerprint density at radius 2 is 2.25 bits per heavy atom. The maximum absolute atomic E-state index is 4.45. The monoisotopic (exact) mass is 286 g/mol. The number of benzene rings is 1. The van der Waals surface area contributed by atoms with Crippen LogP contribution < -0.4 is 4.90 Å². The Bertz CT molecular complexity index is 536. The third kappa shape index (κ3) is 3.21. The zero-order valence-electron chi connectivity index (χ0n) is 12.1. The second-order valence-electron chi connectivity index (χ2n) is 5.73. The first-order valence-corrected chi connectivity index (χ1v) is 8.40. The summed E-state index contributed by atoms with van der Waals surface area (Å²) in [4.78, 5) is 6.92. The number of hydrogen-bond donors (Lipinski definition) is 0. The molecule has 2 aromatic rings. The molecule has 0 spiro atoms. The van der Waals surface area contributed by atoms with Gasteiger partial charge in [0.1, 0.15) is 0 Å². The molecule has 0 bridgehead atoms. The van der Waals surface area contributed by atoms with Gasteiger partial charge in [-0.2, -0.15) is 0 Å². The molecule has 1 atom stereocenters. The summed E-state index contributed by atoms with van der Waals surface area (Å²) >= 11 is 1.76. The molecule has 1 aliphatic rings. The highest BCUT2D eigenvalue weighted by Gasteiger charge is 2.21. The average molecular weight is 286 g/mol. The Morgan fingerprint density at radius 1 is 1.35 bits per heavy atom.